The third-order valence-corrected chi connectivity index (χ3v) is 7.48. The number of carbonyl (C=O) groups excluding carboxylic acids is 3. The highest BCUT2D eigenvalue weighted by molar-refractivity contribution is 6.24. The minimum absolute atomic E-state index is 0.166. The summed E-state index contributed by atoms with van der Waals surface area (Å²) >= 11 is 0. The third kappa shape index (κ3) is 2.54. The highest BCUT2D eigenvalue weighted by atomic mass is 16.3. The number of ketones is 2. The fourth-order valence-electron chi connectivity index (χ4n) is 5.93. The number of allylic oxidation sites excluding steroid dienone is 3. The van der Waals surface area contributed by atoms with Gasteiger partial charge in [-0.25, -0.2) is 0 Å². The molecule has 10 heteroatoms. The number of hydrogen-bond acceptors (Lipinski definition) is 9. The van der Waals surface area contributed by atoms with Crippen LogP contribution >= 0.6 is 0 Å². The van der Waals surface area contributed by atoms with E-state index in [9.17, 15) is 39.9 Å². The highest BCUT2D eigenvalue weighted by Crippen LogP contribution is 2.57. The normalized spacial score (nSPS) is 41.3. The van der Waals surface area contributed by atoms with Crippen molar-refractivity contribution in [1.29, 1.82) is 0 Å². The van der Waals surface area contributed by atoms with Gasteiger partial charge in [0.1, 0.15) is 22.9 Å². The molecule has 1 fully saturated rings. The molecule has 0 saturated heterocycles. The fourth-order valence-corrected chi connectivity index (χ4v) is 5.93. The summed E-state index contributed by atoms with van der Waals surface area (Å²) in [7, 11) is 3.08. The van der Waals surface area contributed by atoms with Gasteiger partial charge in [0.25, 0.3) is 5.91 Å². The number of Topliss-reactive ketones (excluding diaryl/α,β-unsaturated/α-hetero) is 2. The second-order valence-corrected chi connectivity index (χ2v) is 9.36. The Kier molecular flexibility index (Phi) is 4.71. The van der Waals surface area contributed by atoms with Gasteiger partial charge in [-0.05, 0) is 33.5 Å². The van der Waals surface area contributed by atoms with E-state index in [1.807, 2.05) is 0 Å². The highest BCUT2D eigenvalue weighted by Gasteiger charge is 2.67. The van der Waals surface area contributed by atoms with Crippen molar-refractivity contribution in [2.24, 2.45) is 29.4 Å². The van der Waals surface area contributed by atoms with Crippen LogP contribution in [0.1, 0.15) is 13.3 Å². The molecular formula is C22H26N2O8. The topological polar surface area (TPSA) is 182 Å². The first-order chi connectivity index (χ1) is 14.8. The quantitative estimate of drug-likeness (QED) is 0.306. The minimum Gasteiger partial charge on any atom is -0.512 e. The second kappa shape index (κ2) is 6.77. The molecule has 0 radical (unpaired) electrons. The van der Waals surface area contributed by atoms with Crippen molar-refractivity contribution in [2.75, 3.05) is 14.1 Å². The number of aliphatic hydroxyl groups excluding tert-OH is 3. The lowest BCUT2D eigenvalue weighted by atomic mass is 9.52. The maximum atomic E-state index is 13.4. The molecule has 0 aliphatic heterocycles. The van der Waals surface area contributed by atoms with Gasteiger partial charge in [0.05, 0.1) is 17.6 Å². The lowest BCUT2D eigenvalue weighted by molar-refractivity contribution is -0.159. The molecule has 0 aromatic carbocycles. The first-order valence-corrected chi connectivity index (χ1v) is 10.2. The Hall–Kier alpha value is -2.95. The zero-order valence-electron chi connectivity index (χ0n) is 17.8. The molecule has 0 bridgehead atoms. The monoisotopic (exact) mass is 446 g/mol. The molecule has 1 amide bonds. The third-order valence-electron chi connectivity index (χ3n) is 7.48. The molecule has 4 aliphatic rings. The number of primary amides is 1. The fraction of sp³-hybridized carbons (Fsp3) is 0.500. The van der Waals surface area contributed by atoms with E-state index in [0.29, 0.717) is 0 Å². The van der Waals surface area contributed by atoms with Crippen molar-refractivity contribution in [1.82, 2.24) is 4.90 Å². The van der Waals surface area contributed by atoms with Gasteiger partial charge in [0, 0.05) is 23.3 Å². The maximum absolute atomic E-state index is 13.4. The molecule has 4 aliphatic carbocycles. The van der Waals surface area contributed by atoms with Crippen molar-refractivity contribution in [3.05, 3.63) is 46.7 Å². The number of hydrogen-bond donors (Lipinski definition) is 6. The molecule has 7 atom stereocenters. The van der Waals surface area contributed by atoms with E-state index in [1.165, 1.54) is 24.0 Å². The Morgan fingerprint density at radius 1 is 1.19 bits per heavy atom. The summed E-state index contributed by atoms with van der Waals surface area (Å²) in [5.41, 5.74) is -0.317. The van der Waals surface area contributed by atoms with E-state index in [2.05, 4.69) is 0 Å². The summed E-state index contributed by atoms with van der Waals surface area (Å²) in [6, 6.07) is -1.11. The van der Waals surface area contributed by atoms with E-state index in [-0.39, 0.29) is 17.8 Å². The first-order valence-electron chi connectivity index (χ1n) is 10.2. The van der Waals surface area contributed by atoms with Crippen LogP contribution < -0.4 is 5.73 Å². The van der Waals surface area contributed by atoms with Gasteiger partial charge < -0.3 is 31.3 Å². The summed E-state index contributed by atoms with van der Waals surface area (Å²) in [6.07, 6.45) is 4.25. The van der Waals surface area contributed by atoms with Crippen LogP contribution in [-0.4, -0.2) is 79.2 Å². The number of amides is 1. The predicted octanol–water partition coefficient (Wildman–Crippen LogP) is -0.446. The standard InChI is InChI=1S/C22H26N2O8/c1-21(31)8-5-4-6-11(25)12(8)16(26)13-9(21)7-10-15(24(2)3)17(27)14(20(23)30)19(29)22(10,32)18(13)28/h4-6,8-10,12,15,25,27-28,31-32H,7H2,1-3H3,(H2,23,30)/t8?,9-,10-,12?,15-,21+,22?/m0/s1. The van der Waals surface area contributed by atoms with E-state index in [4.69, 9.17) is 5.73 Å². The van der Waals surface area contributed by atoms with Gasteiger partial charge in [-0.3, -0.25) is 19.3 Å². The summed E-state index contributed by atoms with van der Waals surface area (Å²) in [5.74, 6) is -9.51. The van der Waals surface area contributed by atoms with Gasteiger partial charge >= 0.3 is 0 Å². The van der Waals surface area contributed by atoms with E-state index in [0.717, 1.165) is 0 Å². The Balaban J connectivity index is 1.99. The van der Waals surface area contributed by atoms with Gasteiger partial charge in [0.2, 0.25) is 5.78 Å². The van der Waals surface area contributed by atoms with Crippen LogP contribution in [0.15, 0.2) is 46.7 Å². The molecule has 7 N–H and O–H groups in total. The minimum atomic E-state index is -2.72. The van der Waals surface area contributed by atoms with Crippen LogP contribution in [0.3, 0.4) is 0 Å². The lowest BCUT2D eigenvalue weighted by Crippen LogP contribution is -2.67. The van der Waals surface area contributed by atoms with Crippen molar-refractivity contribution in [3.63, 3.8) is 0 Å². The molecule has 32 heavy (non-hydrogen) atoms. The van der Waals surface area contributed by atoms with Crippen molar-refractivity contribution < 1.29 is 39.9 Å². The lowest BCUT2D eigenvalue weighted by Gasteiger charge is -2.55. The molecule has 1 saturated carbocycles. The largest absolute Gasteiger partial charge is 0.512 e. The van der Waals surface area contributed by atoms with Crippen molar-refractivity contribution >= 4 is 17.5 Å². The SMILES string of the molecule is CN(C)[C@@H]1C(O)=C(C(N)=O)C(=O)C2(O)C(O)=C3C(=O)C4C(O)=CC=CC4[C@@](C)(O)[C@H]3C[C@@H]12. The average Bonchev–Trinajstić information content (AvgIpc) is 2.68. The number of nitrogens with zero attached hydrogens (tertiary/aromatic N) is 1. The molecule has 3 unspecified atom stereocenters. The molecule has 0 aromatic rings. The van der Waals surface area contributed by atoms with Crippen LogP contribution in [0, 0.1) is 23.7 Å². The summed E-state index contributed by atoms with van der Waals surface area (Å²) in [6.45, 7) is 1.46. The Morgan fingerprint density at radius 2 is 1.81 bits per heavy atom. The smallest absolute Gasteiger partial charge is 0.255 e. The second-order valence-electron chi connectivity index (χ2n) is 9.36. The molecule has 4 rings (SSSR count). The zero-order valence-corrected chi connectivity index (χ0v) is 17.8. The Bertz CT molecular complexity index is 1070. The van der Waals surface area contributed by atoms with E-state index < -0.39 is 75.5 Å². The van der Waals surface area contributed by atoms with Crippen LogP contribution in [0.25, 0.3) is 0 Å². The van der Waals surface area contributed by atoms with Crippen LogP contribution in [0.4, 0.5) is 0 Å². The Labute approximate surface area is 183 Å². The summed E-state index contributed by atoms with van der Waals surface area (Å²) < 4.78 is 0. The van der Waals surface area contributed by atoms with Gasteiger partial charge in [-0.15, -0.1) is 0 Å². The summed E-state index contributed by atoms with van der Waals surface area (Å²) in [5, 5.41) is 55.2. The van der Waals surface area contributed by atoms with E-state index >= 15 is 0 Å². The van der Waals surface area contributed by atoms with E-state index in [1.54, 1.807) is 20.2 Å². The zero-order chi connectivity index (χ0) is 23.9. The van der Waals surface area contributed by atoms with Gasteiger partial charge in [0.15, 0.2) is 11.4 Å². The van der Waals surface area contributed by atoms with Crippen LogP contribution in [0.2, 0.25) is 0 Å². The number of rotatable bonds is 2. The molecule has 172 valence electrons. The summed E-state index contributed by atoms with van der Waals surface area (Å²) in [4.78, 5) is 39.9. The van der Waals surface area contributed by atoms with Crippen LogP contribution in [-0.2, 0) is 14.4 Å². The molecule has 0 spiro atoms. The molecule has 0 aromatic heterocycles. The molecule has 0 heterocycles. The molecular weight excluding hydrogens is 420 g/mol. The predicted molar refractivity (Wildman–Crippen MR) is 110 cm³/mol. The number of likely N-dealkylation sites (N-methyl/N-ethyl adjacent to an activating group) is 1. The van der Waals surface area contributed by atoms with Gasteiger partial charge in [-0.2, -0.15) is 0 Å². The molecule has 10 nitrogen and oxygen atoms in total. The van der Waals surface area contributed by atoms with Gasteiger partial charge in [-0.1, -0.05) is 12.2 Å². The Morgan fingerprint density at radius 3 is 2.38 bits per heavy atom. The number of carbonyl (C=O) groups is 3. The first kappa shape index (κ1) is 22.3. The maximum Gasteiger partial charge on any atom is 0.255 e. The van der Waals surface area contributed by atoms with Crippen molar-refractivity contribution in [3.8, 4) is 0 Å². The van der Waals surface area contributed by atoms with Crippen LogP contribution in [0.5, 0.6) is 0 Å². The number of nitrogens with two attached hydrogens (primary N) is 1. The number of aliphatic hydroxyl groups is 5. The number of fused-ring (bicyclic) bond motifs is 3. The van der Waals surface area contributed by atoms with Crippen molar-refractivity contribution in [2.45, 2.75) is 30.6 Å². The average molecular weight is 446 g/mol.